The molecule has 6 N–H and O–H groups in total. The van der Waals surface area contributed by atoms with Crippen LogP contribution in [0, 0.1) is 17.8 Å². The minimum absolute atomic E-state index is 0.0129. The second-order valence-corrected chi connectivity index (χ2v) is 20.5. The molecule has 1 fully saturated rings. The highest BCUT2D eigenvalue weighted by atomic mass is 16.5. The maximum absolute atomic E-state index is 13.8. The predicted molar refractivity (Wildman–Crippen MR) is 302 cm³/mol. The minimum atomic E-state index is -0.839. The van der Waals surface area contributed by atoms with Gasteiger partial charge in [0.15, 0.2) is 24.7 Å². The number of anilines is 2. The molecule has 0 radical (unpaired) electrons. The van der Waals surface area contributed by atoms with E-state index in [1.165, 1.54) is 4.90 Å². The molecule has 3 aromatic carbocycles. The second kappa shape index (κ2) is 33.0. The van der Waals surface area contributed by atoms with E-state index in [4.69, 9.17) is 19.9 Å². The summed E-state index contributed by atoms with van der Waals surface area (Å²) < 4.78 is 20.5. The molecule has 0 spiro atoms. The summed E-state index contributed by atoms with van der Waals surface area (Å²) in [4.78, 5) is 89.8. The van der Waals surface area contributed by atoms with E-state index < -0.39 is 18.0 Å². The Balaban J connectivity index is 0.883. The minimum Gasteiger partial charge on any atom is -0.379 e. The summed E-state index contributed by atoms with van der Waals surface area (Å²) in [6, 6.07) is 27.8. The number of likely N-dealkylation sites (tertiary alicyclic amines) is 1. The number of ether oxygens (including phenoxy) is 3. The molecule has 0 aliphatic carbocycles. The molecule has 3 heterocycles. The van der Waals surface area contributed by atoms with Crippen molar-refractivity contribution in [2.75, 3.05) is 63.4 Å². The first-order chi connectivity index (χ1) is 38.7. The largest absolute Gasteiger partial charge is 0.379 e. The lowest BCUT2D eigenvalue weighted by Crippen LogP contribution is -2.45. The van der Waals surface area contributed by atoms with Crippen LogP contribution in [-0.4, -0.2) is 120 Å². The number of nitrogens with two attached hydrogens (primary N) is 1. The number of rotatable bonds is 36. The van der Waals surface area contributed by atoms with Crippen molar-refractivity contribution < 1.29 is 52.3 Å². The molecule has 0 saturated carbocycles. The topological polar surface area (TPSA) is 259 Å². The van der Waals surface area contributed by atoms with Gasteiger partial charge in [-0.05, 0) is 61.4 Å². The summed E-state index contributed by atoms with van der Waals surface area (Å²) in [5, 5.41) is 20.2. The molecule has 5 aromatic rings. The molecule has 1 saturated heterocycles. The van der Waals surface area contributed by atoms with Crippen molar-refractivity contribution in [1.29, 1.82) is 0 Å². The Morgan fingerprint density at radius 1 is 0.738 bits per heavy atom. The number of benzene rings is 3. The monoisotopic (exact) mass is 1100 g/mol. The van der Waals surface area contributed by atoms with Gasteiger partial charge < -0.3 is 41.2 Å². The van der Waals surface area contributed by atoms with Crippen LogP contribution in [-0.2, 0) is 56.1 Å². The van der Waals surface area contributed by atoms with Gasteiger partial charge >= 0.3 is 6.03 Å². The van der Waals surface area contributed by atoms with Crippen LogP contribution in [0.3, 0.4) is 0 Å². The van der Waals surface area contributed by atoms with E-state index in [-0.39, 0.29) is 119 Å². The Morgan fingerprint density at radius 3 is 2.15 bits per heavy atom. The standard InChI is InChI=1S/C60H78N10O10/c1-43(2)57(65-55(73)27-32-78-34-36-80-37-35-79-33-31-70-56(74)38-44(3)59(70)76)53(71)39-47(18-14-28-62-60(61)77)58(75)63-49-25-23-45(24-26-49)40-68-29-15-19-48(41-68)52-42-69(67-66-52)30-13-6-4-5-10-22-54(72)64-51-21-12-11-20-50(51)46-16-8-7-9-17-46/h7-9,11-12,15-17,19-21,23-26,29,41-44,47,57H,4-6,10,13-14,18,22,27-28,30-40H2,1-3H3,(H5-,61,62,63,64,65,72,73,75,77)/p+1/t44?,47-,57+/m1/s1. The van der Waals surface area contributed by atoms with Crippen molar-refractivity contribution in [3.05, 3.63) is 115 Å². The van der Waals surface area contributed by atoms with Crippen LogP contribution < -0.4 is 31.6 Å². The zero-order valence-electron chi connectivity index (χ0n) is 46.4. The molecule has 428 valence electrons. The Kier molecular flexibility index (Phi) is 25.4. The van der Waals surface area contributed by atoms with Crippen LogP contribution in [0.2, 0.25) is 0 Å². The van der Waals surface area contributed by atoms with Gasteiger partial charge in [0, 0.05) is 79.2 Å². The van der Waals surface area contributed by atoms with Crippen molar-refractivity contribution >= 4 is 52.7 Å². The number of aromatic nitrogens is 4. The molecular formula is C60H79N10O10+. The van der Waals surface area contributed by atoms with Gasteiger partial charge in [0.2, 0.25) is 29.5 Å². The van der Waals surface area contributed by atoms with Crippen molar-refractivity contribution in [2.24, 2.45) is 23.5 Å². The van der Waals surface area contributed by atoms with Gasteiger partial charge in [0.05, 0.1) is 64.0 Å². The molecule has 1 unspecified atom stereocenters. The molecule has 1 aliphatic heterocycles. The zero-order chi connectivity index (χ0) is 57.1. The summed E-state index contributed by atoms with van der Waals surface area (Å²) in [6.45, 7) is 8.55. The number of hydrogen-bond acceptors (Lipinski definition) is 12. The smallest absolute Gasteiger partial charge is 0.312 e. The summed E-state index contributed by atoms with van der Waals surface area (Å²) >= 11 is 0. The number of nitrogens with one attached hydrogen (secondary N) is 4. The van der Waals surface area contributed by atoms with E-state index >= 15 is 0 Å². The molecule has 80 heavy (non-hydrogen) atoms. The van der Waals surface area contributed by atoms with Gasteiger partial charge in [-0.2, -0.15) is 0 Å². The first kappa shape index (κ1) is 61.5. The van der Waals surface area contributed by atoms with E-state index in [0.717, 1.165) is 72.3 Å². The normalized spacial score (nSPS) is 14.0. The molecule has 7 amide bonds. The number of pyridine rings is 1. The maximum Gasteiger partial charge on any atom is 0.312 e. The van der Waals surface area contributed by atoms with Crippen LogP contribution >= 0.6 is 0 Å². The number of primary amides is 1. The highest BCUT2D eigenvalue weighted by molar-refractivity contribution is 6.03. The second-order valence-electron chi connectivity index (χ2n) is 20.5. The number of amides is 7. The molecule has 1 aliphatic rings. The number of imide groups is 1. The van der Waals surface area contributed by atoms with Gasteiger partial charge in [-0.1, -0.05) is 106 Å². The first-order valence-corrected chi connectivity index (χ1v) is 27.9. The Bertz CT molecular complexity index is 2790. The Morgan fingerprint density at radius 2 is 1.43 bits per heavy atom. The lowest BCUT2D eigenvalue weighted by atomic mass is 9.89. The highest BCUT2D eigenvalue weighted by Crippen LogP contribution is 2.28. The average Bonchev–Trinajstić information content (AvgIpc) is 4.03. The number of carbonyl (C=O) groups is 7. The number of Topliss-reactive ketones (excluding diaryl/α,β-unsaturated/α-hetero) is 1. The van der Waals surface area contributed by atoms with Gasteiger partial charge in [-0.15, -0.1) is 5.10 Å². The number of unbranched alkanes of at least 4 members (excludes halogenated alkanes) is 4. The van der Waals surface area contributed by atoms with Crippen molar-refractivity contribution in [3.63, 3.8) is 0 Å². The van der Waals surface area contributed by atoms with E-state index in [0.29, 0.717) is 31.7 Å². The zero-order valence-corrected chi connectivity index (χ0v) is 46.4. The van der Waals surface area contributed by atoms with Crippen molar-refractivity contribution in [2.45, 2.75) is 111 Å². The van der Waals surface area contributed by atoms with Crippen LogP contribution in [0.1, 0.15) is 97.0 Å². The summed E-state index contributed by atoms with van der Waals surface area (Å²) in [5.74, 6) is -2.65. The number of nitrogens with zero attached hydrogens (tertiary/aromatic N) is 5. The van der Waals surface area contributed by atoms with Crippen LogP contribution in [0.15, 0.2) is 110 Å². The maximum atomic E-state index is 13.8. The van der Waals surface area contributed by atoms with E-state index in [1.807, 2.05) is 128 Å². The molecule has 3 atom stereocenters. The lowest BCUT2D eigenvalue weighted by Gasteiger charge is -2.24. The fourth-order valence-electron chi connectivity index (χ4n) is 9.29. The number of carbonyl (C=O) groups excluding carboxylic acids is 7. The van der Waals surface area contributed by atoms with Crippen LogP contribution in [0.4, 0.5) is 16.2 Å². The third-order valence-electron chi connectivity index (χ3n) is 13.7. The van der Waals surface area contributed by atoms with Gasteiger partial charge in [-0.25, -0.2) is 9.36 Å². The molecule has 20 nitrogen and oxygen atoms in total. The van der Waals surface area contributed by atoms with Gasteiger partial charge in [0.25, 0.3) is 0 Å². The Labute approximate surface area is 468 Å². The lowest BCUT2D eigenvalue weighted by molar-refractivity contribution is -0.687. The number of urea groups is 1. The number of ketones is 1. The fraction of sp³-hybridized carbons (Fsp3) is 0.467. The van der Waals surface area contributed by atoms with E-state index in [2.05, 4.69) is 36.1 Å². The molecule has 2 aromatic heterocycles. The van der Waals surface area contributed by atoms with Crippen molar-refractivity contribution in [1.82, 2.24) is 30.5 Å². The summed E-state index contributed by atoms with van der Waals surface area (Å²) in [5.41, 5.74) is 11.4. The van der Waals surface area contributed by atoms with Crippen molar-refractivity contribution in [3.8, 4) is 22.4 Å². The fourth-order valence-corrected chi connectivity index (χ4v) is 9.29. The van der Waals surface area contributed by atoms with Crippen LogP contribution in [0.25, 0.3) is 22.4 Å². The third-order valence-corrected chi connectivity index (χ3v) is 13.7. The molecule has 20 heteroatoms. The number of hydrogen-bond donors (Lipinski definition) is 5. The summed E-state index contributed by atoms with van der Waals surface area (Å²) in [7, 11) is 0. The van der Waals surface area contributed by atoms with E-state index in [1.54, 1.807) is 6.92 Å². The van der Waals surface area contributed by atoms with E-state index in [9.17, 15) is 33.6 Å². The van der Waals surface area contributed by atoms with Crippen LogP contribution in [0.5, 0.6) is 0 Å². The third kappa shape index (κ3) is 20.8. The number of aryl methyl sites for hydroxylation is 1. The van der Waals surface area contributed by atoms with Gasteiger partial charge in [0.1, 0.15) is 5.69 Å². The molecule has 6 rings (SSSR count). The quantitative estimate of drug-likeness (QED) is 0.0157. The highest BCUT2D eigenvalue weighted by Gasteiger charge is 2.35. The van der Waals surface area contributed by atoms with Gasteiger partial charge in [-0.3, -0.25) is 38.3 Å². The first-order valence-electron chi connectivity index (χ1n) is 27.9. The molecular weight excluding hydrogens is 1020 g/mol. The summed E-state index contributed by atoms with van der Waals surface area (Å²) in [6.07, 6.45) is 12.0. The SMILES string of the molecule is CC1CC(=O)N(CCOCCOCCOCCC(=O)N[C@H](C(=O)C[C@@H](CCCNC(N)=O)C(=O)Nc2ccc(C[n+]3cccc(-c4cn(CCCCCCCC(=O)Nc5ccccc5-c5ccccc5)nn4)c3)cc2)C(C)C)C1=O. The Hall–Kier alpha value is -7.68. The molecule has 0 bridgehead atoms. The predicted octanol–water partition coefficient (Wildman–Crippen LogP) is 6.87. The average molecular weight is 1100 g/mol. The number of para-hydroxylation sites is 1.